The number of anilines is 1. The van der Waals surface area contributed by atoms with E-state index in [1.807, 2.05) is 34.9 Å². The Morgan fingerprint density at radius 1 is 1.06 bits per heavy atom. The molecule has 0 fully saturated rings. The van der Waals surface area contributed by atoms with Crippen LogP contribution in [-0.4, -0.2) is 33.5 Å². The molecule has 1 atom stereocenters. The van der Waals surface area contributed by atoms with Gasteiger partial charge in [-0.2, -0.15) is 0 Å². The van der Waals surface area contributed by atoms with Gasteiger partial charge in [-0.05, 0) is 43.3 Å². The molecule has 1 unspecified atom stereocenters. The van der Waals surface area contributed by atoms with E-state index in [0.29, 0.717) is 22.4 Å². The quantitative estimate of drug-likeness (QED) is 0.330. The van der Waals surface area contributed by atoms with Gasteiger partial charge in [-0.15, -0.1) is 10.2 Å². The monoisotopic (exact) mass is 478 g/mol. The van der Waals surface area contributed by atoms with Gasteiger partial charge in [0.15, 0.2) is 28.7 Å². The molecule has 7 nitrogen and oxygen atoms in total. The van der Waals surface area contributed by atoms with E-state index in [1.165, 1.54) is 17.8 Å². The van der Waals surface area contributed by atoms with Crippen LogP contribution in [0.2, 0.25) is 0 Å². The number of hydrogen-bond donors (Lipinski definition) is 1. The number of methoxy groups -OCH3 is 1. The van der Waals surface area contributed by atoms with E-state index in [4.69, 9.17) is 9.47 Å². The minimum atomic E-state index is -0.593. The smallest absolute Gasteiger partial charge is 0.234 e. The summed E-state index contributed by atoms with van der Waals surface area (Å²) in [5, 5.41) is 12.0. The second-order valence-electron chi connectivity index (χ2n) is 7.27. The lowest BCUT2D eigenvalue weighted by Crippen LogP contribution is -2.15. The van der Waals surface area contributed by atoms with Crippen LogP contribution in [-0.2, 0) is 4.79 Å². The first-order chi connectivity index (χ1) is 16.5. The number of nitrogens with one attached hydrogen (secondary N) is 1. The fraction of sp³-hybridized carbons (Fsp3) is 0.160. The zero-order valence-corrected chi connectivity index (χ0v) is 19.5. The number of para-hydroxylation sites is 2. The lowest BCUT2D eigenvalue weighted by Gasteiger charge is -2.17. The molecule has 0 aliphatic heterocycles. The van der Waals surface area contributed by atoms with E-state index < -0.39 is 11.9 Å². The Bertz CT molecular complexity index is 1270. The summed E-state index contributed by atoms with van der Waals surface area (Å²) in [5.41, 5.74) is 1.45. The number of nitrogens with zero attached hydrogens (tertiary/aromatic N) is 3. The SMILES string of the molecule is COc1cccc(NC(=O)CSc2nnc(C(C)Oc3ccccc3F)n2-c2ccccc2)c1. The van der Waals surface area contributed by atoms with Crippen LogP contribution in [0.25, 0.3) is 5.69 Å². The Labute approximate surface area is 200 Å². The van der Waals surface area contributed by atoms with Crippen LogP contribution in [0.1, 0.15) is 18.9 Å². The number of carbonyl (C=O) groups is 1. The average Bonchev–Trinajstić information content (AvgIpc) is 3.29. The van der Waals surface area contributed by atoms with Crippen molar-refractivity contribution in [2.24, 2.45) is 0 Å². The molecule has 0 saturated heterocycles. The van der Waals surface area contributed by atoms with Crippen LogP contribution < -0.4 is 14.8 Å². The van der Waals surface area contributed by atoms with Gasteiger partial charge in [-0.1, -0.05) is 48.2 Å². The highest BCUT2D eigenvalue weighted by Gasteiger charge is 2.22. The summed E-state index contributed by atoms with van der Waals surface area (Å²) in [5.74, 6) is 0.740. The van der Waals surface area contributed by atoms with Crippen molar-refractivity contribution in [3.8, 4) is 17.2 Å². The normalized spacial score (nSPS) is 11.6. The van der Waals surface area contributed by atoms with Gasteiger partial charge >= 0.3 is 0 Å². The lowest BCUT2D eigenvalue weighted by atomic mass is 10.3. The summed E-state index contributed by atoms with van der Waals surface area (Å²) >= 11 is 1.24. The van der Waals surface area contributed by atoms with Gasteiger partial charge in [0.1, 0.15) is 5.75 Å². The van der Waals surface area contributed by atoms with Crippen LogP contribution in [0.5, 0.6) is 11.5 Å². The molecule has 4 rings (SSSR count). The summed E-state index contributed by atoms with van der Waals surface area (Å²) < 4.78 is 26.9. The number of halogens is 1. The molecule has 9 heteroatoms. The zero-order chi connectivity index (χ0) is 23.9. The van der Waals surface area contributed by atoms with Crippen molar-refractivity contribution in [3.05, 3.63) is 90.5 Å². The Kier molecular flexibility index (Phi) is 7.44. The molecule has 34 heavy (non-hydrogen) atoms. The van der Waals surface area contributed by atoms with Gasteiger partial charge in [0.2, 0.25) is 5.91 Å². The molecular formula is C25H23FN4O3S. The fourth-order valence-corrected chi connectivity index (χ4v) is 4.03. The maximum absolute atomic E-state index is 14.1. The third-order valence-electron chi connectivity index (χ3n) is 4.86. The maximum atomic E-state index is 14.1. The Hall–Kier alpha value is -3.85. The number of ether oxygens (including phenoxy) is 2. The highest BCUT2D eigenvalue weighted by atomic mass is 32.2. The number of hydrogen-bond acceptors (Lipinski definition) is 6. The molecule has 1 heterocycles. The van der Waals surface area contributed by atoms with E-state index in [9.17, 15) is 9.18 Å². The third-order valence-corrected chi connectivity index (χ3v) is 5.79. The predicted molar refractivity (Wildman–Crippen MR) is 129 cm³/mol. The van der Waals surface area contributed by atoms with Gasteiger partial charge in [0.25, 0.3) is 0 Å². The van der Waals surface area contributed by atoms with Gasteiger partial charge in [0.05, 0.1) is 12.9 Å². The van der Waals surface area contributed by atoms with Crippen molar-refractivity contribution in [1.82, 2.24) is 14.8 Å². The third kappa shape index (κ3) is 5.55. The molecule has 4 aromatic rings. The van der Waals surface area contributed by atoms with Crippen molar-refractivity contribution in [3.63, 3.8) is 0 Å². The molecule has 0 spiro atoms. The second kappa shape index (κ2) is 10.8. The summed E-state index contributed by atoms with van der Waals surface area (Å²) in [6.07, 6.45) is -0.593. The van der Waals surface area contributed by atoms with Crippen LogP contribution in [0.15, 0.2) is 84.0 Å². The summed E-state index contributed by atoms with van der Waals surface area (Å²) in [7, 11) is 1.57. The largest absolute Gasteiger partial charge is 0.497 e. The molecule has 174 valence electrons. The van der Waals surface area contributed by atoms with E-state index in [-0.39, 0.29) is 17.4 Å². The Morgan fingerprint density at radius 3 is 2.59 bits per heavy atom. The van der Waals surface area contributed by atoms with Gasteiger partial charge in [0, 0.05) is 17.4 Å². The van der Waals surface area contributed by atoms with Crippen LogP contribution in [0.4, 0.5) is 10.1 Å². The molecular weight excluding hydrogens is 455 g/mol. The lowest BCUT2D eigenvalue weighted by molar-refractivity contribution is -0.113. The molecule has 0 bridgehead atoms. The van der Waals surface area contributed by atoms with Crippen molar-refractivity contribution < 1.29 is 18.7 Å². The number of aromatic nitrogens is 3. The summed E-state index contributed by atoms with van der Waals surface area (Å²) in [4.78, 5) is 12.6. The number of amides is 1. The van der Waals surface area contributed by atoms with E-state index in [1.54, 1.807) is 56.5 Å². The summed E-state index contributed by atoms with van der Waals surface area (Å²) in [6.45, 7) is 1.78. The molecule has 1 N–H and O–H groups in total. The molecule has 1 amide bonds. The van der Waals surface area contributed by atoms with Gasteiger partial charge in [-0.3, -0.25) is 9.36 Å². The highest BCUT2D eigenvalue weighted by Crippen LogP contribution is 2.29. The first kappa shape index (κ1) is 23.3. The van der Waals surface area contributed by atoms with E-state index in [2.05, 4.69) is 15.5 Å². The second-order valence-corrected chi connectivity index (χ2v) is 8.21. The Balaban J connectivity index is 1.53. The highest BCUT2D eigenvalue weighted by molar-refractivity contribution is 7.99. The number of thioether (sulfide) groups is 1. The molecule has 0 aliphatic carbocycles. The molecule has 0 saturated carbocycles. The molecule has 0 radical (unpaired) electrons. The minimum absolute atomic E-state index is 0.116. The molecule has 3 aromatic carbocycles. The van der Waals surface area contributed by atoms with Crippen LogP contribution in [0, 0.1) is 5.82 Å². The van der Waals surface area contributed by atoms with Gasteiger partial charge in [-0.25, -0.2) is 4.39 Å². The van der Waals surface area contributed by atoms with Crippen molar-refractivity contribution in [2.45, 2.75) is 18.2 Å². The van der Waals surface area contributed by atoms with Gasteiger partial charge < -0.3 is 14.8 Å². The minimum Gasteiger partial charge on any atom is -0.497 e. The van der Waals surface area contributed by atoms with Crippen molar-refractivity contribution in [2.75, 3.05) is 18.2 Å². The van der Waals surface area contributed by atoms with Crippen LogP contribution >= 0.6 is 11.8 Å². The Morgan fingerprint density at radius 2 is 1.82 bits per heavy atom. The first-order valence-electron chi connectivity index (χ1n) is 10.5. The van der Waals surface area contributed by atoms with E-state index in [0.717, 1.165) is 5.69 Å². The number of carbonyl (C=O) groups excluding carboxylic acids is 1. The first-order valence-corrected chi connectivity index (χ1v) is 11.5. The maximum Gasteiger partial charge on any atom is 0.234 e. The molecule has 0 aliphatic rings. The van der Waals surface area contributed by atoms with Crippen molar-refractivity contribution in [1.29, 1.82) is 0 Å². The van der Waals surface area contributed by atoms with E-state index >= 15 is 0 Å². The topological polar surface area (TPSA) is 78.3 Å². The number of benzene rings is 3. The van der Waals surface area contributed by atoms with Crippen molar-refractivity contribution >= 4 is 23.4 Å². The van der Waals surface area contributed by atoms with Crippen LogP contribution in [0.3, 0.4) is 0 Å². The molecule has 1 aromatic heterocycles. The standard InChI is InChI=1S/C25H23FN4O3S/c1-17(33-22-14-7-6-13-21(22)26)24-28-29-25(30(24)19-10-4-3-5-11-19)34-16-23(31)27-18-9-8-12-20(15-18)32-2/h3-15,17H,16H2,1-2H3,(H,27,31). The summed E-state index contributed by atoms with van der Waals surface area (Å²) in [6, 6.07) is 22.9. The zero-order valence-electron chi connectivity index (χ0n) is 18.6. The average molecular weight is 479 g/mol. The fourth-order valence-electron chi connectivity index (χ4n) is 3.27. The predicted octanol–water partition coefficient (Wildman–Crippen LogP) is 5.29. The number of rotatable bonds is 9.